The number of aryl methyl sites for hydroxylation is 2. The Hall–Kier alpha value is -2.37. The molecule has 0 radical (unpaired) electrons. The van der Waals surface area contributed by atoms with Crippen molar-refractivity contribution in [3.8, 4) is 0 Å². The first-order valence-electron chi connectivity index (χ1n) is 11.8. The molecule has 3 aromatic rings. The van der Waals surface area contributed by atoms with Gasteiger partial charge in [0.15, 0.2) is 0 Å². The number of anilines is 1. The lowest BCUT2D eigenvalue weighted by molar-refractivity contribution is 0.225. The van der Waals surface area contributed by atoms with Crippen LogP contribution in [-0.2, 0) is 10.0 Å². The Morgan fingerprint density at radius 2 is 1.56 bits per heavy atom. The van der Waals surface area contributed by atoms with Gasteiger partial charge in [-0.1, -0.05) is 42.8 Å². The van der Waals surface area contributed by atoms with E-state index in [9.17, 15) is 8.42 Å². The molecule has 0 aliphatic carbocycles. The summed E-state index contributed by atoms with van der Waals surface area (Å²) in [6.07, 6.45) is 5.75. The van der Waals surface area contributed by atoms with Crippen LogP contribution in [0.15, 0.2) is 65.6 Å². The number of hydrogen-bond donors (Lipinski definition) is 0. The standard InChI is InChI=1S/C27H34N2O2S/c1-22-12-14-26(20-23(22)2)29(19-9-8-18-28-16-6-3-7-17-28)32(30,31)27-15-13-24-10-4-5-11-25(24)21-27/h4-5,10-15,20-21H,3,6-9,16-19H2,1-2H3. The second kappa shape index (κ2) is 10.1. The fourth-order valence-corrected chi connectivity index (χ4v) is 6.03. The summed E-state index contributed by atoms with van der Waals surface area (Å²) in [6.45, 7) is 7.99. The maximum absolute atomic E-state index is 13.8. The van der Waals surface area contributed by atoms with Crippen molar-refractivity contribution in [3.05, 3.63) is 71.8 Å². The van der Waals surface area contributed by atoms with Crippen molar-refractivity contribution in [2.45, 2.75) is 50.8 Å². The molecular weight excluding hydrogens is 416 g/mol. The van der Waals surface area contributed by atoms with Crippen LogP contribution in [0.1, 0.15) is 43.2 Å². The Morgan fingerprint density at radius 1 is 0.812 bits per heavy atom. The van der Waals surface area contributed by atoms with Crippen LogP contribution in [0.3, 0.4) is 0 Å². The predicted molar refractivity (Wildman–Crippen MR) is 134 cm³/mol. The summed E-state index contributed by atoms with van der Waals surface area (Å²) in [6, 6.07) is 19.3. The van der Waals surface area contributed by atoms with E-state index in [1.807, 2.05) is 55.5 Å². The van der Waals surface area contributed by atoms with Crippen molar-refractivity contribution < 1.29 is 8.42 Å². The third-order valence-electron chi connectivity index (χ3n) is 6.62. The highest BCUT2D eigenvalue weighted by atomic mass is 32.2. The first-order valence-corrected chi connectivity index (χ1v) is 13.2. The molecule has 5 heteroatoms. The summed E-state index contributed by atoms with van der Waals surface area (Å²) in [5, 5.41) is 1.99. The molecule has 0 N–H and O–H groups in total. The molecule has 1 aliphatic heterocycles. The van der Waals surface area contributed by atoms with Gasteiger partial charge in [0.05, 0.1) is 10.6 Å². The van der Waals surface area contributed by atoms with E-state index < -0.39 is 10.0 Å². The SMILES string of the molecule is Cc1ccc(N(CCCCN2CCCCC2)S(=O)(=O)c2ccc3ccccc3c2)cc1C. The lowest BCUT2D eigenvalue weighted by atomic mass is 10.1. The van der Waals surface area contributed by atoms with E-state index in [0.29, 0.717) is 11.4 Å². The molecule has 1 fully saturated rings. The van der Waals surface area contributed by atoms with Gasteiger partial charge >= 0.3 is 0 Å². The summed E-state index contributed by atoms with van der Waals surface area (Å²) in [7, 11) is -3.66. The molecule has 0 spiro atoms. The number of hydrogen-bond acceptors (Lipinski definition) is 3. The van der Waals surface area contributed by atoms with E-state index in [1.165, 1.54) is 37.9 Å². The second-order valence-electron chi connectivity index (χ2n) is 8.96. The molecule has 1 aliphatic rings. The van der Waals surface area contributed by atoms with E-state index in [2.05, 4.69) is 11.8 Å². The molecule has 1 saturated heterocycles. The molecule has 1 heterocycles. The van der Waals surface area contributed by atoms with E-state index >= 15 is 0 Å². The third-order valence-corrected chi connectivity index (χ3v) is 8.44. The van der Waals surface area contributed by atoms with Gasteiger partial charge in [0, 0.05) is 6.54 Å². The minimum absolute atomic E-state index is 0.352. The van der Waals surface area contributed by atoms with E-state index in [-0.39, 0.29) is 0 Å². The van der Waals surface area contributed by atoms with Gasteiger partial charge < -0.3 is 4.90 Å². The highest BCUT2D eigenvalue weighted by Gasteiger charge is 2.25. The molecule has 0 amide bonds. The predicted octanol–water partition coefficient (Wildman–Crippen LogP) is 5.92. The van der Waals surface area contributed by atoms with E-state index in [4.69, 9.17) is 0 Å². The van der Waals surface area contributed by atoms with Crippen LogP contribution in [-0.4, -0.2) is 39.5 Å². The fourth-order valence-electron chi connectivity index (χ4n) is 4.50. The first-order chi connectivity index (χ1) is 15.4. The highest BCUT2D eigenvalue weighted by Crippen LogP contribution is 2.28. The van der Waals surface area contributed by atoms with Crippen LogP contribution in [0.4, 0.5) is 5.69 Å². The summed E-state index contributed by atoms with van der Waals surface area (Å²) in [5.74, 6) is 0. The van der Waals surface area contributed by atoms with Gasteiger partial charge in [-0.2, -0.15) is 0 Å². The zero-order chi connectivity index (χ0) is 22.6. The molecule has 0 atom stereocenters. The van der Waals surface area contributed by atoms with Crippen molar-refractivity contribution in [1.82, 2.24) is 4.90 Å². The van der Waals surface area contributed by atoms with Crippen LogP contribution in [0.5, 0.6) is 0 Å². The van der Waals surface area contributed by atoms with E-state index in [1.54, 1.807) is 16.4 Å². The molecule has 0 unspecified atom stereocenters. The maximum Gasteiger partial charge on any atom is 0.264 e. The number of piperidine rings is 1. The zero-order valence-electron chi connectivity index (χ0n) is 19.3. The number of likely N-dealkylation sites (tertiary alicyclic amines) is 1. The third kappa shape index (κ3) is 5.16. The van der Waals surface area contributed by atoms with Crippen LogP contribution in [0.2, 0.25) is 0 Å². The maximum atomic E-state index is 13.8. The summed E-state index contributed by atoms with van der Waals surface area (Å²) >= 11 is 0. The van der Waals surface area contributed by atoms with Gasteiger partial charge in [-0.25, -0.2) is 8.42 Å². The van der Waals surface area contributed by atoms with Crippen LogP contribution in [0.25, 0.3) is 10.8 Å². The number of rotatable bonds is 8. The second-order valence-corrected chi connectivity index (χ2v) is 10.8. The first kappa shape index (κ1) is 22.8. The minimum atomic E-state index is -3.66. The van der Waals surface area contributed by atoms with Crippen molar-refractivity contribution >= 4 is 26.5 Å². The molecule has 0 aromatic heterocycles. The molecule has 4 nitrogen and oxygen atoms in total. The monoisotopic (exact) mass is 450 g/mol. The van der Waals surface area contributed by atoms with Crippen molar-refractivity contribution in [3.63, 3.8) is 0 Å². The van der Waals surface area contributed by atoms with Crippen molar-refractivity contribution in [2.24, 2.45) is 0 Å². The summed E-state index contributed by atoms with van der Waals surface area (Å²) < 4.78 is 29.2. The number of benzene rings is 3. The number of unbranched alkanes of at least 4 members (excludes halogenated alkanes) is 1. The Morgan fingerprint density at radius 3 is 2.31 bits per heavy atom. The number of fused-ring (bicyclic) bond motifs is 1. The Balaban J connectivity index is 1.58. The highest BCUT2D eigenvalue weighted by molar-refractivity contribution is 7.92. The fraction of sp³-hybridized carbons (Fsp3) is 0.407. The van der Waals surface area contributed by atoms with E-state index in [0.717, 1.165) is 41.4 Å². The number of sulfonamides is 1. The minimum Gasteiger partial charge on any atom is -0.303 e. The Bertz CT molecular complexity index is 1170. The molecule has 4 rings (SSSR count). The summed E-state index contributed by atoms with van der Waals surface area (Å²) in [4.78, 5) is 2.87. The van der Waals surface area contributed by atoms with Crippen molar-refractivity contribution in [2.75, 3.05) is 30.5 Å². The van der Waals surface area contributed by atoms with Crippen LogP contribution < -0.4 is 4.31 Å². The van der Waals surface area contributed by atoms with Gasteiger partial charge in [-0.15, -0.1) is 0 Å². The van der Waals surface area contributed by atoms with Crippen LogP contribution in [0, 0.1) is 13.8 Å². The molecule has 170 valence electrons. The largest absolute Gasteiger partial charge is 0.303 e. The quantitative estimate of drug-likeness (QED) is 0.400. The van der Waals surface area contributed by atoms with Gasteiger partial charge in [0.2, 0.25) is 0 Å². The van der Waals surface area contributed by atoms with Gasteiger partial charge in [0.25, 0.3) is 10.0 Å². The Kier molecular flexibility index (Phi) is 7.17. The van der Waals surface area contributed by atoms with Crippen molar-refractivity contribution in [1.29, 1.82) is 0 Å². The molecule has 0 saturated carbocycles. The lowest BCUT2D eigenvalue weighted by Crippen LogP contribution is -2.34. The molecule has 0 bridgehead atoms. The Labute approximate surface area is 192 Å². The molecular formula is C27H34N2O2S. The average Bonchev–Trinajstić information content (AvgIpc) is 2.81. The van der Waals surface area contributed by atoms with Gasteiger partial charge in [-0.3, -0.25) is 4.31 Å². The molecule has 32 heavy (non-hydrogen) atoms. The topological polar surface area (TPSA) is 40.6 Å². The smallest absolute Gasteiger partial charge is 0.264 e. The summed E-state index contributed by atoms with van der Waals surface area (Å²) in [5.41, 5.74) is 3.02. The lowest BCUT2D eigenvalue weighted by Gasteiger charge is -2.28. The van der Waals surface area contributed by atoms with Gasteiger partial charge in [-0.05, 0) is 105 Å². The zero-order valence-corrected chi connectivity index (χ0v) is 20.1. The van der Waals surface area contributed by atoms with Crippen LogP contribution >= 0.6 is 0 Å². The average molecular weight is 451 g/mol. The number of nitrogens with zero attached hydrogens (tertiary/aromatic N) is 2. The molecule has 3 aromatic carbocycles. The normalized spacial score (nSPS) is 15.2. The van der Waals surface area contributed by atoms with Gasteiger partial charge in [0.1, 0.15) is 0 Å².